The summed E-state index contributed by atoms with van der Waals surface area (Å²) in [5, 5.41) is 14.9. The van der Waals surface area contributed by atoms with Gasteiger partial charge < -0.3 is 9.52 Å². The molecule has 0 aliphatic heterocycles. The number of aromatic hydroxyl groups is 1. The van der Waals surface area contributed by atoms with Crippen LogP contribution in [0.5, 0.6) is 5.95 Å². The molecule has 3 aromatic carbocycles. The van der Waals surface area contributed by atoms with E-state index in [2.05, 4.69) is 24.4 Å². The van der Waals surface area contributed by atoms with Crippen molar-refractivity contribution >= 4 is 32.5 Å². The molecule has 0 radical (unpaired) electrons. The molecule has 0 unspecified atom stereocenters. The number of hydrogen-bond donors (Lipinski definition) is 2. The van der Waals surface area contributed by atoms with E-state index in [4.69, 9.17) is 4.42 Å². The molecule has 2 N–H and O–H groups in total. The molecule has 0 spiro atoms. The van der Waals surface area contributed by atoms with Crippen molar-refractivity contribution in [1.29, 1.82) is 0 Å². The van der Waals surface area contributed by atoms with Gasteiger partial charge in [-0.05, 0) is 53.9 Å². The second-order valence-corrected chi connectivity index (χ2v) is 9.73. The summed E-state index contributed by atoms with van der Waals surface area (Å²) >= 11 is 0. The van der Waals surface area contributed by atoms with E-state index < -0.39 is 21.4 Å². The average Bonchev–Trinajstić information content (AvgIpc) is 2.81. The number of anilines is 1. The van der Waals surface area contributed by atoms with Gasteiger partial charge in [0, 0.05) is 5.39 Å². The maximum Gasteiger partial charge on any atom is 0.346 e. The number of nitrogens with one attached hydrogen (secondary N) is 1. The van der Waals surface area contributed by atoms with Gasteiger partial charge in [-0.2, -0.15) is 5.10 Å². The highest BCUT2D eigenvalue weighted by molar-refractivity contribution is 7.91. The second kappa shape index (κ2) is 8.91. The number of hydrogen-bond acceptors (Lipinski definition) is 7. The molecule has 33 heavy (non-hydrogen) atoms. The monoisotopic (exact) mass is 462 g/mol. The van der Waals surface area contributed by atoms with E-state index in [0.29, 0.717) is 22.4 Å². The van der Waals surface area contributed by atoms with E-state index in [0.717, 1.165) is 5.56 Å². The summed E-state index contributed by atoms with van der Waals surface area (Å²) in [5.41, 5.74) is 4.01. The van der Waals surface area contributed by atoms with Crippen molar-refractivity contribution in [2.75, 3.05) is 5.43 Å². The molecule has 168 valence electrons. The molecular weight excluding hydrogens is 440 g/mol. The summed E-state index contributed by atoms with van der Waals surface area (Å²) in [5.74, 6) is -0.214. The average molecular weight is 463 g/mol. The van der Waals surface area contributed by atoms with E-state index in [1.165, 1.54) is 18.3 Å². The van der Waals surface area contributed by atoms with Gasteiger partial charge in [0.05, 0.1) is 32.6 Å². The molecule has 0 aliphatic rings. The Hall–Kier alpha value is -3.91. The Morgan fingerprint density at radius 3 is 2.09 bits per heavy atom. The van der Waals surface area contributed by atoms with E-state index >= 15 is 0 Å². The Morgan fingerprint density at radius 1 is 0.909 bits per heavy atom. The van der Waals surface area contributed by atoms with Crippen LogP contribution in [-0.4, -0.2) is 19.7 Å². The summed E-state index contributed by atoms with van der Waals surface area (Å²) in [6.07, 6.45) is 1.33. The third-order valence-corrected chi connectivity index (χ3v) is 7.05. The summed E-state index contributed by atoms with van der Waals surface area (Å²) in [4.78, 5) is 12.3. The van der Waals surface area contributed by atoms with E-state index in [-0.39, 0.29) is 15.4 Å². The third kappa shape index (κ3) is 4.51. The van der Waals surface area contributed by atoms with Crippen LogP contribution < -0.4 is 11.1 Å². The number of sulfone groups is 1. The van der Waals surface area contributed by atoms with E-state index in [9.17, 15) is 18.3 Å². The lowest BCUT2D eigenvalue weighted by Crippen LogP contribution is -2.03. The molecule has 0 atom stereocenters. The number of fused-ring (bicyclic) bond motifs is 1. The Balaban J connectivity index is 1.53. The first-order chi connectivity index (χ1) is 15.8. The van der Waals surface area contributed by atoms with Crippen molar-refractivity contribution in [1.82, 2.24) is 0 Å². The van der Waals surface area contributed by atoms with Crippen LogP contribution in [0.4, 0.5) is 5.69 Å². The first kappa shape index (κ1) is 22.3. The molecule has 8 heteroatoms. The van der Waals surface area contributed by atoms with Crippen LogP contribution in [0.25, 0.3) is 10.8 Å². The highest BCUT2D eigenvalue weighted by atomic mass is 32.2. The van der Waals surface area contributed by atoms with E-state index in [1.807, 2.05) is 12.1 Å². The fourth-order valence-electron chi connectivity index (χ4n) is 3.38. The molecule has 0 saturated heterocycles. The maximum atomic E-state index is 12.9. The van der Waals surface area contributed by atoms with Crippen LogP contribution in [0, 0.1) is 0 Å². The first-order valence-electron chi connectivity index (χ1n) is 10.3. The Labute approximate surface area is 190 Å². The molecule has 7 nitrogen and oxygen atoms in total. The zero-order chi connectivity index (χ0) is 23.6. The van der Waals surface area contributed by atoms with Crippen LogP contribution in [-0.2, 0) is 9.84 Å². The van der Waals surface area contributed by atoms with Crippen LogP contribution in [0.3, 0.4) is 0 Å². The predicted molar refractivity (Wildman–Crippen MR) is 128 cm³/mol. The zero-order valence-corrected chi connectivity index (χ0v) is 18.8. The van der Waals surface area contributed by atoms with Gasteiger partial charge in [-0.3, -0.25) is 5.43 Å². The quantitative estimate of drug-likeness (QED) is 0.312. The van der Waals surface area contributed by atoms with Crippen LogP contribution in [0.2, 0.25) is 0 Å². The number of nitrogens with zero attached hydrogens (tertiary/aromatic N) is 1. The minimum Gasteiger partial charge on any atom is -0.480 e. The molecule has 0 amide bonds. The minimum absolute atomic E-state index is 0.169. The summed E-state index contributed by atoms with van der Waals surface area (Å²) in [6.45, 7) is 4.10. The summed E-state index contributed by atoms with van der Waals surface area (Å²) in [6, 6.07) is 19.8. The van der Waals surface area contributed by atoms with Crippen LogP contribution in [0.1, 0.15) is 30.9 Å². The lowest BCUT2D eigenvalue weighted by atomic mass is 10.0. The van der Waals surface area contributed by atoms with Crippen molar-refractivity contribution in [3.63, 3.8) is 0 Å². The van der Waals surface area contributed by atoms with Gasteiger partial charge in [-0.1, -0.05) is 44.2 Å². The molecule has 4 aromatic rings. The van der Waals surface area contributed by atoms with Crippen molar-refractivity contribution in [2.24, 2.45) is 5.10 Å². The number of benzene rings is 3. The molecule has 1 aromatic heterocycles. The molecular formula is C25H22N2O5S. The number of hydrazone groups is 1. The van der Waals surface area contributed by atoms with Gasteiger partial charge in [0.2, 0.25) is 9.84 Å². The van der Waals surface area contributed by atoms with Gasteiger partial charge >= 0.3 is 5.63 Å². The zero-order valence-electron chi connectivity index (χ0n) is 18.0. The third-order valence-electron chi connectivity index (χ3n) is 5.27. The van der Waals surface area contributed by atoms with Crippen molar-refractivity contribution in [3.8, 4) is 5.95 Å². The Morgan fingerprint density at radius 2 is 1.48 bits per heavy atom. The summed E-state index contributed by atoms with van der Waals surface area (Å²) < 4.78 is 30.7. The highest BCUT2D eigenvalue weighted by Crippen LogP contribution is 2.25. The topological polar surface area (TPSA) is 109 Å². The molecule has 0 saturated carbocycles. The van der Waals surface area contributed by atoms with Gasteiger partial charge in [0.1, 0.15) is 0 Å². The van der Waals surface area contributed by atoms with Gasteiger partial charge in [-0.25, -0.2) is 13.2 Å². The Kier molecular flexibility index (Phi) is 6.02. The van der Waals surface area contributed by atoms with Crippen molar-refractivity contribution in [3.05, 3.63) is 94.3 Å². The second-order valence-electron chi connectivity index (χ2n) is 7.78. The lowest BCUT2D eigenvalue weighted by Gasteiger charge is -2.09. The molecule has 0 aliphatic carbocycles. The van der Waals surface area contributed by atoms with Crippen LogP contribution >= 0.6 is 0 Å². The molecule has 1 heterocycles. The van der Waals surface area contributed by atoms with E-state index in [1.54, 1.807) is 48.5 Å². The number of rotatable bonds is 6. The van der Waals surface area contributed by atoms with Gasteiger partial charge in [-0.15, -0.1) is 0 Å². The summed E-state index contributed by atoms with van der Waals surface area (Å²) in [7, 11) is -3.64. The largest absolute Gasteiger partial charge is 0.480 e. The smallest absolute Gasteiger partial charge is 0.346 e. The fraction of sp³-hybridized carbons (Fsp3) is 0.120. The van der Waals surface area contributed by atoms with Gasteiger partial charge in [0.25, 0.3) is 5.95 Å². The molecule has 0 fully saturated rings. The fourth-order valence-corrected chi connectivity index (χ4v) is 4.64. The lowest BCUT2D eigenvalue weighted by molar-refractivity contribution is 0.312. The first-order valence-corrected chi connectivity index (χ1v) is 11.7. The maximum absolute atomic E-state index is 12.9. The Bertz CT molecular complexity index is 1490. The van der Waals surface area contributed by atoms with Crippen LogP contribution in [0.15, 0.2) is 96.9 Å². The van der Waals surface area contributed by atoms with Crippen molar-refractivity contribution < 1.29 is 17.9 Å². The highest BCUT2D eigenvalue weighted by Gasteiger charge is 2.17. The van der Waals surface area contributed by atoms with Gasteiger partial charge in [0.15, 0.2) is 0 Å². The van der Waals surface area contributed by atoms with Crippen molar-refractivity contribution in [2.45, 2.75) is 29.6 Å². The minimum atomic E-state index is -3.64. The normalized spacial score (nSPS) is 12.0. The predicted octanol–water partition coefficient (Wildman–Crippen LogP) is 4.90. The SMILES string of the molecule is CC(C)c1ccc(S(=O)(=O)c2ccc(NN=Cc3c(O)oc(=O)c4ccccc34)cc2)cc1. The molecule has 4 rings (SSSR count). The molecule has 0 bridgehead atoms. The standard InChI is InChI=1S/C25H22N2O5S/c1-16(2)17-7-11-19(12-8-17)33(30,31)20-13-9-18(10-14-20)27-26-15-23-21-5-3-4-6-22(21)24(28)32-25(23)29/h3-16,27,29H,1-2H3.